The van der Waals surface area contributed by atoms with Crippen LogP contribution in [0.15, 0.2) is 29.2 Å². The fraction of sp³-hybridized carbons (Fsp3) is 0.462. The normalized spacial score (nSPS) is 12.6. The molecule has 1 aromatic rings. The minimum atomic E-state index is -1.06. The van der Waals surface area contributed by atoms with Crippen LogP contribution in [0.5, 0.6) is 0 Å². The highest BCUT2D eigenvalue weighted by molar-refractivity contribution is 7.85. The number of carboxylic acids is 1. The van der Waals surface area contributed by atoms with E-state index in [1.54, 1.807) is 12.1 Å². The summed E-state index contributed by atoms with van der Waals surface area (Å²) in [5.74, 6) is -0.385. The van der Waals surface area contributed by atoms with Crippen molar-refractivity contribution in [3.63, 3.8) is 0 Å². The number of aromatic carboxylic acids is 1. The predicted octanol–water partition coefficient (Wildman–Crippen LogP) is 1.83. The number of rotatable bonds is 7. The van der Waals surface area contributed by atoms with Gasteiger partial charge in [-0.2, -0.15) is 0 Å². The van der Waals surface area contributed by atoms with Gasteiger partial charge >= 0.3 is 5.97 Å². The predicted molar refractivity (Wildman–Crippen MR) is 72.5 cm³/mol. The van der Waals surface area contributed by atoms with E-state index in [4.69, 9.17) is 5.11 Å². The first-order chi connectivity index (χ1) is 8.58. The van der Waals surface area contributed by atoms with Crippen molar-refractivity contribution in [1.82, 2.24) is 4.90 Å². The van der Waals surface area contributed by atoms with Gasteiger partial charge in [-0.3, -0.25) is 4.21 Å². The number of hydrogen-bond donors (Lipinski definition) is 1. The summed E-state index contributed by atoms with van der Waals surface area (Å²) in [6, 6.07) is 6.24. The summed E-state index contributed by atoms with van der Waals surface area (Å²) in [5.41, 5.74) is 0.222. The lowest BCUT2D eigenvalue weighted by molar-refractivity contribution is 0.0697. The summed E-state index contributed by atoms with van der Waals surface area (Å²) < 4.78 is 12.0. The molecule has 1 aromatic carbocycles. The van der Waals surface area contributed by atoms with Crippen molar-refractivity contribution >= 4 is 16.8 Å². The molecule has 0 fully saturated rings. The van der Waals surface area contributed by atoms with E-state index >= 15 is 0 Å². The summed E-state index contributed by atoms with van der Waals surface area (Å²) in [4.78, 5) is 13.6. The largest absolute Gasteiger partial charge is 0.478 e. The number of carbonyl (C=O) groups is 1. The van der Waals surface area contributed by atoms with Crippen LogP contribution in [0.4, 0.5) is 0 Å². The molecule has 0 aliphatic heterocycles. The van der Waals surface area contributed by atoms with Crippen LogP contribution in [0.3, 0.4) is 0 Å². The van der Waals surface area contributed by atoms with Crippen molar-refractivity contribution in [1.29, 1.82) is 0 Å². The Morgan fingerprint density at radius 3 is 2.22 bits per heavy atom. The van der Waals surface area contributed by atoms with Crippen LogP contribution in [0.25, 0.3) is 0 Å². The molecule has 100 valence electrons. The molecule has 1 unspecified atom stereocenters. The van der Waals surface area contributed by atoms with Gasteiger partial charge in [0.1, 0.15) is 0 Å². The van der Waals surface area contributed by atoms with Gasteiger partial charge in [-0.05, 0) is 37.4 Å². The molecule has 0 aliphatic rings. The molecule has 1 N–H and O–H groups in total. The maximum absolute atomic E-state index is 12.0. The van der Waals surface area contributed by atoms with Crippen molar-refractivity contribution < 1.29 is 14.1 Å². The molecule has 0 saturated heterocycles. The van der Waals surface area contributed by atoms with E-state index < -0.39 is 16.8 Å². The molecule has 1 rings (SSSR count). The second-order valence-corrected chi connectivity index (χ2v) is 5.48. The van der Waals surface area contributed by atoms with Gasteiger partial charge in [0.15, 0.2) is 0 Å². The number of hydrogen-bond acceptors (Lipinski definition) is 3. The first-order valence-corrected chi connectivity index (χ1v) is 7.34. The maximum atomic E-state index is 12.0. The zero-order valence-corrected chi connectivity index (χ0v) is 11.6. The highest BCUT2D eigenvalue weighted by Gasteiger charge is 2.08. The Balaban J connectivity index is 2.59. The molecule has 0 saturated carbocycles. The molecule has 0 aromatic heterocycles. The molecule has 0 amide bonds. The van der Waals surface area contributed by atoms with Crippen LogP contribution >= 0.6 is 0 Å². The summed E-state index contributed by atoms with van der Waals surface area (Å²) >= 11 is 0. The van der Waals surface area contributed by atoms with Gasteiger partial charge in [-0.25, -0.2) is 4.79 Å². The highest BCUT2D eigenvalue weighted by Crippen LogP contribution is 2.09. The van der Waals surface area contributed by atoms with Crippen LogP contribution in [0.1, 0.15) is 24.2 Å². The third-order valence-electron chi connectivity index (χ3n) is 2.85. The van der Waals surface area contributed by atoms with Gasteiger partial charge in [-0.1, -0.05) is 13.8 Å². The third-order valence-corrected chi connectivity index (χ3v) is 4.20. The minimum Gasteiger partial charge on any atom is -0.478 e. The molecule has 18 heavy (non-hydrogen) atoms. The molecule has 0 radical (unpaired) electrons. The summed E-state index contributed by atoms with van der Waals surface area (Å²) in [5, 5.41) is 8.77. The van der Waals surface area contributed by atoms with Gasteiger partial charge in [0.2, 0.25) is 0 Å². The number of benzene rings is 1. The summed E-state index contributed by atoms with van der Waals surface area (Å²) in [6.07, 6.45) is 0. The molecule has 4 nitrogen and oxygen atoms in total. The number of carboxylic acid groups (broad SMARTS) is 1. The second-order valence-electron chi connectivity index (χ2n) is 3.91. The van der Waals surface area contributed by atoms with Crippen molar-refractivity contribution in [2.45, 2.75) is 18.7 Å². The monoisotopic (exact) mass is 269 g/mol. The number of nitrogens with zero attached hydrogens (tertiary/aromatic N) is 1. The Morgan fingerprint density at radius 2 is 1.78 bits per heavy atom. The van der Waals surface area contributed by atoms with E-state index in [0.717, 1.165) is 19.6 Å². The van der Waals surface area contributed by atoms with Gasteiger partial charge in [0.25, 0.3) is 0 Å². The Hall–Kier alpha value is -1.20. The molecule has 5 heteroatoms. The topological polar surface area (TPSA) is 57.6 Å². The zero-order chi connectivity index (χ0) is 13.5. The van der Waals surface area contributed by atoms with Gasteiger partial charge < -0.3 is 10.0 Å². The van der Waals surface area contributed by atoms with Crippen LogP contribution in [0.2, 0.25) is 0 Å². The summed E-state index contributed by atoms with van der Waals surface area (Å²) in [6.45, 7) is 6.85. The third kappa shape index (κ3) is 4.23. The fourth-order valence-electron chi connectivity index (χ4n) is 1.62. The average Bonchev–Trinajstić information content (AvgIpc) is 2.39. The van der Waals surface area contributed by atoms with Gasteiger partial charge in [0.05, 0.1) is 16.4 Å². The molecule has 0 spiro atoms. The van der Waals surface area contributed by atoms with Crippen LogP contribution in [0, 0.1) is 0 Å². The zero-order valence-electron chi connectivity index (χ0n) is 10.8. The molecular formula is C13H19NO3S. The first-order valence-electron chi connectivity index (χ1n) is 6.02. The lowest BCUT2D eigenvalue weighted by atomic mass is 10.2. The van der Waals surface area contributed by atoms with E-state index in [0.29, 0.717) is 10.6 Å². The smallest absolute Gasteiger partial charge is 0.335 e. The second kappa shape index (κ2) is 7.28. The molecule has 0 bridgehead atoms. The van der Waals surface area contributed by atoms with Crippen molar-refractivity contribution in [3.05, 3.63) is 29.8 Å². The Morgan fingerprint density at radius 1 is 1.22 bits per heavy atom. The molecular weight excluding hydrogens is 250 g/mol. The quantitative estimate of drug-likeness (QED) is 0.820. The Kier molecular flexibility index (Phi) is 6.01. The van der Waals surface area contributed by atoms with E-state index in [1.807, 2.05) is 0 Å². The van der Waals surface area contributed by atoms with Gasteiger partial charge in [-0.15, -0.1) is 0 Å². The van der Waals surface area contributed by atoms with Crippen molar-refractivity contribution in [2.24, 2.45) is 0 Å². The van der Waals surface area contributed by atoms with E-state index in [2.05, 4.69) is 18.7 Å². The van der Waals surface area contributed by atoms with Crippen LogP contribution in [-0.4, -0.2) is 45.6 Å². The molecule has 0 aliphatic carbocycles. The van der Waals surface area contributed by atoms with E-state index in [-0.39, 0.29) is 5.56 Å². The minimum absolute atomic E-state index is 0.222. The SMILES string of the molecule is CCN(CC)CCS(=O)c1ccc(C(=O)O)cc1. The van der Waals surface area contributed by atoms with E-state index in [9.17, 15) is 9.00 Å². The summed E-state index contributed by atoms with van der Waals surface area (Å²) in [7, 11) is -1.06. The molecule has 1 atom stereocenters. The van der Waals surface area contributed by atoms with Crippen LogP contribution in [-0.2, 0) is 10.8 Å². The lowest BCUT2D eigenvalue weighted by Gasteiger charge is -2.17. The Labute approximate surface area is 110 Å². The van der Waals surface area contributed by atoms with Gasteiger partial charge in [0, 0.05) is 17.2 Å². The maximum Gasteiger partial charge on any atom is 0.335 e. The van der Waals surface area contributed by atoms with Crippen molar-refractivity contribution in [2.75, 3.05) is 25.4 Å². The standard InChI is InChI=1S/C13H19NO3S/c1-3-14(4-2)9-10-18(17)12-7-5-11(6-8-12)13(15)16/h5-8H,3-4,9-10H2,1-2H3,(H,15,16). The van der Waals surface area contributed by atoms with Crippen LogP contribution < -0.4 is 0 Å². The Bertz CT molecular complexity index is 413. The lowest BCUT2D eigenvalue weighted by Crippen LogP contribution is -2.27. The first kappa shape index (κ1) is 14.9. The fourth-order valence-corrected chi connectivity index (χ4v) is 2.72. The average molecular weight is 269 g/mol. The van der Waals surface area contributed by atoms with Crippen molar-refractivity contribution in [3.8, 4) is 0 Å². The highest BCUT2D eigenvalue weighted by atomic mass is 32.2. The van der Waals surface area contributed by atoms with E-state index in [1.165, 1.54) is 12.1 Å². The molecule has 0 heterocycles.